The molecule has 0 aliphatic heterocycles. The zero-order valence-corrected chi connectivity index (χ0v) is 8.75. The molecule has 0 fully saturated rings. The van der Waals surface area contributed by atoms with E-state index in [0.717, 1.165) is 10.6 Å². The first-order valence-corrected chi connectivity index (χ1v) is 4.90. The Labute approximate surface area is 84.4 Å². The van der Waals surface area contributed by atoms with Gasteiger partial charge >= 0.3 is 0 Å². The molecule has 0 bridgehead atoms. The highest BCUT2D eigenvalue weighted by atomic mass is 35.5. The van der Waals surface area contributed by atoms with Crippen molar-refractivity contribution in [2.45, 2.75) is 26.4 Å². The normalized spacial score (nSPS) is 13.3. The summed E-state index contributed by atoms with van der Waals surface area (Å²) in [5.74, 6) is 0.274. The summed E-state index contributed by atoms with van der Waals surface area (Å²) in [5.41, 5.74) is 1.02. The first-order valence-electron chi connectivity index (χ1n) is 4.52. The van der Waals surface area contributed by atoms with Crippen molar-refractivity contribution >= 4 is 11.6 Å². The number of hydrogen-bond donors (Lipinski definition) is 1. The van der Waals surface area contributed by atoms with Crippen LogP contribution in [-0.4, -0.2) is 11.2 Å². The van der Waals surface area contributed by atoms with Gasteiger partial charge in [-0.05, 0) is 17.5 Å². The minimum atomic E-state index is -0.306. The first-order chi connectivity index (χ1) is 6.11. The quantitative estimate of drug-likeness (QED) is 0.792. The van der Waals surface area contributed by atoms with Crippen LogP contribution in [0.2, 0.25) is 5.02 Å². The molecule has 0 saturated carbocycles. The average Bonchev–Trinajstić information content (AvgIpc) is 2.08. The molecule has 1 N–H and O–H groups in total. The van der Waals surface area contributed by atoms with Gasteiger partial charge in [-0.1, -0.05) is 43.6 Å². The molecule has 0 aliphatic carbocycles. The van der Waals surface area contributed by atoms with Crippen molar-refractivity contribution in [2.24, 2.45) is 5.92 Å². The third kappa shape index (κ3) is 3.02. The third-order valence-electron chi connectivity index (χ3n) is 2.16. The van der Waals surface area contributed by atoms with Crippen LogP contribution in [0.4, 0.5) is 0 Å². The molecule has 0 radical (unpaired) electrons. The molecular weight excluding hydrogens is 184 g/mol. The van der Waals surface area contributed by atoms with Gasteiger partial charge in [0.05, 0.1) is 6.10 Å². The van der Waals surface area contributed by atoms with E-state index in [0.29, 0.717) is 6.42 Å². The number of aliphatic hydroxyl groups excluding tert-OH is 1. The van der Waals surface area contributed by atoms with Crippen molar-refractivity contribution < 1.29 is 5.11 Å². The van der Waals surface area contributed by atoms with Crippen LogP contribution in [0, 0.1) is 5.92 Å². The van der Waals surface area contributed by atoms with Gasteiger partial charge in [-0.25, -0.2) is 0 Å². The van der Waals surface area contributed by atoms with Gasteiger partial charge in [-0.3, -0.25) is 0 Å². The second kappa shape index (κ2) is 4.64. The summed E-state index contributed by atoms with van der Waals surface area (Å²) in [6, 6.07) is 7.64. The Bertz CT molecular complexity index is 271. The summed E-state index contributed by atoms with van der Waals surface area (Å²) in [6.07, 6.45) is 0.331. The summed E-state index contributed by atoms with van der Waals surface area (Å²) < 4.78 is 0. The zero-order chi connectivity index (χ0) is 9.84. The molecule has 1 aromatic rings. The summed E-state index contributed by atoms with van der Waals surface area (Å²) in [5, 5.41) is 10.4. The Morgan fingerprint density at radius 3 is 2.46 bits per heavy atom. The standard InChI is InChI=1S/C11H15ClO/c1-8(2)11(13)7-9-5-3-4-6-10(9)12/h3-6,8,11,13H,7H2,1-2H3/t11-/m1/s1. The van der Waals surface area contributed by atoms with Gasteiger partial charge in [0.1, 0.15) is 0 Å². The van der Waals surface area contributed by atoms with Crippen molar-refractivity contribution in [3.05, 3.63) is 34.9 Å². The molecule has 72 valence electrons. The lowest BCUT2D eigenvalue weighted by Crippen LogP contribution is -2.17. The van der Waals surface area contributed by atoms with E-state index in [2.05, 4.69) is 0 Å². The Balaban J connectivity index is 2.69. The fourth-order valence-corrected chi connectivity index (χ4v) is 1.34. The molecule has 13 heavy (non-hydrogen) atoms. The molecule has 1 aromatic carbocycles. The van der Waals surface area contributed by atoms with Gasteiger partial charge in [0.15, 0.2) is 0 Å². The molecule has 0 amide bonds. The van der Waals surface area contributed by atoms with Crippen LogP contribution < -0.4 is 0 Å². The summed E-state index contributed by atoms with van der Waals surface area (Å²) in [7, 11) is 0. The predicted molar refractivity (Wildman–Crippen MR) is 56.0 cm³/mol. The number of rotatable bonds is 3. The van der Waals surface area contributed by atoms with E-state index in [1.165, 1.54) is 0 Å². The molecule has 1 nitrogen and oxygen atoms in total. The lowest BCUT2D eigenvalue weighted by molar-refractivity contribution is 0.126. The molecule has 2 heteroatoms. The maximum Gasteiger partial charge on any atom is 0.0603 e. The van der Waals surface area contributed by atoms with E-state index >= 15 is 0 Å². The first kappa shape index (κ1) is 10.6. The zero-order valence-electron chi connectivity index (χ0n) is 8.00. The number of hydrogen-bond acceptors (Lipinski definition) is 1. The Morgan fingerprint density at radius 2 is 1.92 bits per heavy atom. The third-order valence-corrected chi connectivity index (χ3v) is 2.53. The van der Waals surface area contributed by atoms with E-state index in [4.69, 9.17) is 11.6 Å². The smallest absolute Gasteiger partial charge is 0.0603 e. The fourth-order valence-electron chi connectivity index (χ4n) is 1.12. The van der Waals surface area contributed by atoms with Gasteiger partial charge in [0.2, 0.25) is 0 Å². The molecular formula is C11H15ClO. The number of benzene rings is 1. The molecule has 0 saturated heterocycles. The van der Waals surface area contributed by atoms with Crippen LogP contribution in [0.25, 0.3) is 0 Å². The highest BCUT2D eigenvalue weighted by Gasteiger charge is 2.11. The molecule has 1 rings (SSSR count). The fraction of sp³-hybridized carbons (Fsp3) is 0.455. The second-order valence-corrected chi connectivity index (χ2v) is 4.01. The largest absolute Gasteiger partial charge is 0.393 e. The molecule has 0 aliphatic rings. The van der Waals surface area contributed by atoms with E-state index in [-0.39, 0.29) is 12.0 Å². The predicted octanol–water partition coefficient (Wildman–Crippen LogP) is 2.90. The minimum Gasteiger partial charge on any atom is -0.393 e. The summed E-state index contributed by atoms with van der Waals surface area (Å²) >= 11 is 5.96. The maximum absolute atomic E-state index is 9.65. The van der Waals surface area contributed by atoms with Gasteiger partial charge < -0.3 is 5.11 Å². The van der Waals surface area contributed by atoms with Crippen LogP contribution >= 0.6 is 11.6 Å². The minimum absolute atomic E-state index is 0.274. The molecule has 0 spiro atoms. The lowest BCUT2D eigenvalue weighted by Gasteiger charge is -2.14. The second-order valence-electron chi connectivity index (χ2n) is 3.61. The van der Waals surface area contributed by atoms with Crippen LogP contribution in [0.5, 0.6) is 0 Å². The van der Waals surface area contributed by atoms with E-state index in [1.807, 2.05) is 38.1 Å². The van der Waals surface area contributed by atoms with Gasteiger partial charge in [-0.2, -0.15) is 0 Å². The van der Waals surface area contributed by atoms with E-state index in [9.17, 15) is 5.11 Å². The van der Waals surface area contributed by atoms with Crippen molar-refractivity contribution in [1.29, 1.82) is 0 Å². The summed E-state index contributed by atoms with van der Waals surface area (Å²) in [6.45, 7) is 4.00. The molecule has 0 aromatic heterocycles. The topological polar surface area (TPSA) is 20.2 Å². The Kier molecular flexibility index (Phi) is 3.76. The summed E-state index contributed by atoms with van der Waals surface area (Å²) in [4.78, 5) is 0. The number of halogens is 1. The SMILES string of the molecule is CC(C)[C@H](O)Cc1ccccc1Cl. The molecule has 1 atom stereocenters. The average molecular weight is 199 g/mol. The van der Waals surface area contributed by atoms with Crippen molar-refractivity contribution in [1.82, 2.24) is 0 Å². The van der Waals surface area contributed by atoms with Crippen LogP contribution in [0.15, 0.2) is 24.3 Å². The Hall–Kier alpha value is -0.530. The Morgan fingerprint density at radius 1 is 1.31 bits per heavy atom. The van der Waals surface area contributed by atoms with Crippen LogP contribution in [-0.2, 0) is 6.42 Å². The highest BCUT2D eigenvalue weighted by Crippen LogP contribution is 2.18. The number of aliphatic hydroxyl groups is 1. The van der Waals surface area contributed by atoms with E-state index in [1.54, 1.807) is 0 Å². The molecule has 0 unspecified atom stereocenters. The molecule has 0 heterocycles. The van der Waals surface area contributed by atoms with Crippen LogP contribution in [0.3, 0.4) is 0 Å². The van der Waals surface area contributed by atoms with Crippen molar-refractivity contribution in [3.63, 3.8) is 0 Å². The lowest BCUT2D eigenvalue weighted by atomic mass is 9.99. The van der Waals surface area contributed by atoms with Gasteiger partial charge in [0.25, 0.3) is 0 Å². The van der Waals surface area contributed by atoms with Gasteiger partial charge in [0, 0.05) is 11.4 Å². The van der Waals surface area contributed by atoms with Crippen molar-refractivity contribution in [3.8, 4) is 0 Å². The monoisotopic (exact) mass is 198 g/mol. The highest BCUT2D eigenvalue weighted by molar-refractivity contribution is 6.31. The van der Waals surface area contributed by atoms with Crippen molar-refractivity contribution in [2.75, 3.05) is 0 Å². The van der Waals surface area contributed by atoms with E-state index < -0.39 is 0 Å². The van der Waals surface area contributed by atoms with Gasteiger partial charge in [-0.15, -0.1) is 0 Å². The van der Waals surface area contributed by atoms with Crippen LogP contribution in [0.1, 0.15) is 19.4 Å². The maximum atomic E-state index is 9.65.